The fourth-order valence-electron chi connectivity index (χ4n) is 2.71. The van der Waals surface area contributed by atoms with Crippen LogP contribution in [0.1, 0.15) is 22.8 Å². The van der Waals surface area contributed by atoms with Crippen LogP contribution in [0.25, 0.3) is 0 Å². The van der Waals surface area contributed by atoms with Crippen molar-refractivity contribution in [1.29, 1.82) is 0 Å². The predicted molar refractivity (Wildman–Crippen MR) is 132 cm³/mol. The molecule has 0 saturated heterocycles. The minimum atomic E-state index is -3.80. The van der Waals surface area contributed by atoms with Gasteiger partial charge in [0.25, 0.3) is 21.8 Å². The molecule has 2 amide bonds. The summed E-state index contributed by atoms with van der Waals surface area (Å²) < 4.78 is 33.1. The molecule has 3 rings (SSSR count). The van der Waals surface area contributed by atoms with Gasteiger partial charge in [-0.2, -0.15) is 5.10 Å². The molecule has 0 bridgehead atoms. The van der Waals surface area contributed by atoms with Gasteiger partial charge in [-0.3, -0.25) is 14.3 Å². The zero-order valence-corrected chi connectivity index (χ0v) is 20.4. The number of hydrogen-bond acceptors (Lipinski definition) is 7. The molecule has 0 aliphatic heterocycles. The Morgan fingerprint density at radius 1 is 1.03 bits per heavy atom. The summed E-state index contributed by atoms with van der Waals surface area (Å²) in [5.41, 5.74) is 4.00. The molecule has 11 heteroatoms. The van der Waals surface area contributed by atoms with E-state index in [-0.39, 0.29) is 28.0 Å². The molecule has 0 atom stereocenters. The maximum atomic E-state index is 12.7. The van der Waals surface area contributed by atoms with Gasteiger partial charge in [-0.1, -0.05) is 18.2 Å². The van der Waals surface area contributed by atoms with Crippen molar-refractivity contribution in [1.82, 2.24) is 10.3 Å². The molecule has 34 heavy (non-hydrogen) atoms. The minimum absolute atomic E-state index is 0.0644. The second-order valence-corrected chi connectivity index (χ2v) is 10.2. The van der Waals surface area contributed by atoms with Gasteiger partial charge < -0.3 is 9.64 Å². The molecule has 0 unspecified atom stereocenters. The maximum absolute atomic E-state index is 12.7. The van der Waals surface area contributed by atoms with Crippen LogP contribution in [0.2, 0.25) is 0 Å². The van der Waals surface area contributed by atoms with Gasteiger partial charge in [0.2, 0.25) is 0 Å². The first kappa shape index (κ1) is 24.9. The van der Waals surface area contributed by atoms with Gasteiger partial charge in [-0.25, -0.2) is 13.8 Å². The lowest BCUT2D eigenvalue weighted by molar-refractivity contribution is -0.130. The number of sulfonamides is 1. The number of carbonyl (C=O) groups is 2. The highest BCUT2D eigenvalue weighted by atomic mass is 32.2. The number of likely N-dealkylation sites (N-methyl/N-ethyl adjacent to an activating group) is 1. The van der Waals surface area contributed by atoms with E-state index in [4.69, 9.17) is 4.74 Å². The van der Waals surface area contributed by atoms with E-state index in [1.807, 2.05) is 0 Å². The van der Waals surface area contributed by atoms with Crippen molar-refractivity contribution >= 4 is 44.6 Å². The standard InChI is InChI=1S/C23H24N4O5S2/c1-16(17-10-12-18(13-11-17)32-15-21(28)27(2)3)24-25-23(29)19-7-4-5-8-20(19)26-34(30,31)22-9-6-14-33-22/h4-14,26H,15H2,1-3H3,(H,25,29). The smallest absolute Gasteiger partial charge is 0.273 e. The topological polar surface area (TPSA) is 117 Å². The molecule has 0 fully saturated rings. The van der Waals surface area contributed by atoms with Crippen LogP contribution in [0.15, 0.2) is 75.4 Å². The molecule has 1 aromatic heterocycles. The van der Waals surface area contributed by atoms with Crippen molar-refractivity contribution in [2.24, 2.45) is 5.10 Å². The number of ether oxygens (including phenoxy) is 1. The molecule has 0 aliphatic rings. The van der Waals surface area contributed by atoms with E-state index in [0.29, 0.717) is 11.5 Å². The summed E-state index contributed by atoms with van der Waals surface area (Å²) in [7, 11) is -0.497. The predicted octanol–water partition coefficient (Wildman–Crippen LogP) is 3.17. The highest BCUT2D eigenvalue weighted by Crippen LogP contribution is 2.23. The van der Waals surface area contributed by atoms with E-state index in [2.05, 4.69) is 15.2 Å². The number of benzene rings is 2. The fourth-order valence-corrected chi connectivity index (χ4v) is 4.78. The average molecular weight is 501 g/mol. The van der Waals surface area contributed by atoms with Gasteiger partial charge in [-0.15, -0.1) is 11.3 Å². The number of carbonyl (C=O) groups excluding carboxylic acids is 2. The van der Waals surface area contributed by atoms with Gasteiger partial charge in [0.1, 0.15) is 9.96 Å². The second-order valence-electron chi connectivity index (χ2n) is 7.32. The number of hydrazone groups is 1. The minimum Gasteiger partial charge on any atom is -0.484 e. The number of nitrogens with zero attached hydrogens (tertiary/aromatic N) is 2. The summed E-state index contributed by atoms with van der Waals surface area (Å²) in [5.74, 6) is -0.184. The fraction of sp³-hybridized carbons (Fsp3) is 0.174. The van der Waals surface area contributed by atoms with Crippen LogP contribution in [0.5, 0.6) is 5.75 Å². The number of hydrogen-bond donors (Lipinski definition) is 2. The van der Waals surface area contributed by atoms with Crippen molar-refractivity contribution < 1.29 is 22.7 Å². The van der Waals surface area contributed by atoms with Crippen LogP contribution in [-0.2, 0) is 14.8 Å². The van der Waals surface area contributed by atoms with Crippen molar-refractivity contribution in [3.05, 3.63) is 77.2 Å². The normalized spacial score (nSPS) is 11.6. The van der Waals surface area contributed by atoms with Crippen molar-refractivity contribution in [2.45, 2.75) is 11.1 Å². The second kappa shape index (κ2) is 10.9. The van der Waals surface area contributed by atoms with Crippen LogP contribution in [0.3, 0.4) is 0 Å². The van der Waals surface area contributed by atoms with Gasteiger partial charge in [0.05, 0.1) is 17.0 Å². The quantitative estimate of drug-likeness (QED) is 0.346. The lowest BCUT2D eigenvalue weighted by atomic mass is 10.1. The number of thiophene rings is 1. The van der Waals surface area contributed by atoms with Gasteiger partial charge >= 0.3 is 0 Å². The number of amides is 2. The van der Waals surface area contributed by atoms with E-state index in [1.54, 1.807) is 68.9 Å². The largest absolute Gasteiger partial charge is 0.484 e. The molecule has 178 valence electrons. The number of nitrogens with one attached hydrogen (secondary N) is 2. The first-order valence-electron chi connectivity index (χ1n) is 10.1. The van der Waals surface area contributed by atoms with Crippen LogP contribution >= 0.6 is 11.3 Å². The lowest BCUT2D eigenvalue weighted by Crippen LogP contribution is -2.27. The third-order valence-electron chi connectivity index (χ3n) is 4.63. The van der Waals surface area contributed by atoms with E-state index in [1.165, 1.54) is 23.1 Å². The van der Waals surface area contributed by atoms with E-state index >= 15 is 0 Å². The highest BCUT2D eigenvalue weighted by Gasteiger charge is 2.19. The molecular formula is C23H24N4O5S2. The van der Waals surface area contributed by atoms with Crippen LogP contribution in [0.4, 0.5) is 5.69 Å². The number of para-hydroxylation sites is 1. The highest BCUT2D eigenvalue weighted by molar-refractivity contribution is 7.94. The Labute approximate surface area is 202 Å². The van der Waals surface area contributed by atoms with Crippen molar-refractivity contribution in [2.75, 3.05) is 25.4 Å². The summed E-state index contributed by atoms with van der Waals surface area (Å²) in [4.78, 5) is 25.8. The molecule has 0 spiro atoms. The SMILES string of the molecule is CC(=NNC(=O)c1ccccc1NS(=O)(=O)c1cccs1)c1ccc(OCC(=O)N(C)C)cc1. The zero-order chi connectivity index (χ0) is 24.7. The van der Waals surface area contributed by atoms with Crippen molar-refractivity contribution in [3.8, 4) is 5.75 Å². The molecule has 2 N–H and O–H groups in total. The molecule has 0 radical (unpaired) electrons. The lowest BCUT2D eigenvalue weighted by Gasteiger charge is -2.12. The first-order chi connectivity index (χ1) is 16.2. The number of rotatable bonds is 9. The Balaban J connectivity index is 1.67. The molecular weight excluding hydrogens is 476 g/mol. The summed E-state index contributed by atoms with van der Waals surface area (Å²) in [6.07, 6.45) is 0. The molecule has 1 heterocycles. The van der Waals surface area contributed by atoms with Gasteiger partial charge in [0, 0.05) is 14.1 Å². The van der Waals surface area contributed by atoms with Crippen LogP contribution in [-0.4, -0.2) is 51.5 Å². The third kappa shape index (κ3) is 6.42. The summed E-state index contributed by atoms with van der Waals surface area (Å²) in [5, 5.41) is 5.79. The Morgan fingerprint density at radius 2 is 1.74 bits per heavy atom. The molecule has 2 aromatic carbocycles. The summed E-state index contributed by atoms with van der Waals surface area (Å²) in [6.45, 7) is 1.66. The van der Waals surface area contributed by atoms with Gasteiger partial charge in [-0.05, 0) is 60.3 Å². The molecule has 0 aliphatic carbocycles. The Bertz CT molecular complexity index is 1290. The Morgan fingerprint density at radius 3 is 2.38 bits per heavy atom. The maximum Gasteiger partial charge on any atom is 0.273 e. The van der Waals surface area contributed by atoms with Crippen LogP contribution < -0.4 is 14.9 Å². The molecule has 0 saturated carbocycles. The van der Waals surface area contributed by atoms with E-state index in [0.717, 1.165) is 16.9 Å². The molecule has 9 nitrogen and oxygen atoms in total. The monoisotopic (exact) mass is 500 g/mol. The zero-order valence-electron chi connectivity index (χ0n) is 18.8. The van der Waals surface area contributed by atoms with E-state index < -0.39 is 15.9 Å². The third-order valence-corrected chi connectivity index (χ3v) is 7.40. The van der Waals surface area contributed by atoms with Gasteiger partial charge in [0.15, 0.2) is 6.61 Å². The first-order valence-corrected chi connectivity index (χ1v) is 12.5. The average Bonchev–Trinajstić information content (AvgIpc) is 3.37. The Hall–Kier alpha value is -3.70. The summed E-state index contributed by atoms with van der Waals surface area (Å²) >= 11 is 1.08. The summed E-state index contributed by atoms with van der Waals surface area (Å²) in [6, 6.07) is 16.3. The molecule has 3 aromatic rings. The van der Waals surface area contributed by atoms with Crippen LogP contribution in [0, 0.1) is 0 Å². The number of anilines is 1. The van der Waals surface area contributed by atoms with E-state index in [9.17, 15) is 18.0 Å². The Kier molecular flexibility index (Phi) is 8.03. The van der Waals surface area contributed by atoms with Crippen molar-refractivity contribution in [3.63, 3.8) is 0 Å².